The molecular weight excluding hydrogens is 854 g/mol. The highest BCUT2D eigenvalue weighted by molar-refractivity contribution is 7.78. The second-order valence-corrected chi connectivity index (χ2v) is 19.3. The lowest BCUT2D eigenvalue weighted by atomic mass is 9.93. The van der Waals surface area contributed by atoms with Gasteiger partial charge in [0.15, 0.2) is 0 Å². The molecule has 3 aromatic rings. The highest BCUT2D eigenvalue weighted by atomic mass is 35.7. The molecule has 5 unspecified atom stereocenters. The highest BCUT2D eigenvalue weighted by Gasteiger charge is 2.48. The van der Waals surface area contributed by atoms with E-state index >= 15 is 0 Å². The summed E-state index contributed by atoms with van der Waals surface area (Å²) in [6.07, 6.45) is -0.592. The fourth-order valence-corrected chi connectivity index (χ4v) is 11.0. The van der Waals surface area contributed by atoms with Gasteiger partial charge in [0.1, 0.15) is 24.4 Å². The Bertz CT molecular complexity index is 1650. The summed E-state index contributed by atoms with van der Waals surface area (Å²) >= 11 is 6.13. The van der Waals surface area contributed by atoms with Crippen LogP contribution in [0.25, 0.3) is 0 Å². The summed E-state index contributed by atoms with van der Waals surface area (Å²) in [5, 5.41) is 17.5. The molecule has 0 aliphatic carbocycles. The van der Waals surface area contributed by atoms with Crippen LogP contribution in [0.4, 0.5) is 0 Å². The quantitative estimate of drug-likeness (QED) is 0.0597. The number of halogens is 1. The molecule has 0 amide bonds. The van der Waals surface area contributed by atoms with Gasteiger partial charge in [-0.05, 0) is 89.7 Å². The zero-order valence-corrected chi connectivity index (χ0v) is 42.2. The normalized spacial score (nSPS) is 19.6. The standard InChI is InChI=1S/C38H51N2O6P.C9H18ClN2OP.C2H6/c1-6-34-36(41-25-31-17-10-7-11-18-31)38(43-27-33-21-14-9-15-22-33)37(42-26-32-19-12-8-13-20-32)35(46-34)28-45-47(44-24-16-23-39)40(29(2)3)30(4)5;1-8(2)12(9(3)4)14(10)13-7-5-6-11;1-2/h7-15,17-22,29-30,34-38H,6,16,24-28H2,1-5H3;8-9H,5,7H2,1-4H3;1-2H3/t34-,35+,36?,37?,38?,47?;;/m1../s1. The largest absolute Gasteiger partial charge is 0.368 e. The van der Waals surface area contributed by atoms with Gasteiger partial charge in [-0.2, -0.15) is 10.5 Å². The molecule has 1 saturated heterocycles. The average molecular weight is 930 g/mol. The van der Waals surface area contributed by atoms with Gasteiger partial charge in [0.05, 0.1) is 70.7 Å². The molecule has 350 valence electrons. The van der Waals surface area contributed by atoms with Gasteiger partial charge in [0, 0.05) is 24.2 Å². The molecule has 3 aromatic carbocycles. The Morgan fingerprint density at radius 3 is 1.33 bits per heavy atom. The minimum atomic E-state index is -1.46. The van der Waals surface area contributed by atoms with Crippen molar-refractivity contribution in [1.82, 2.24) is 9.34 Å². The Balaban J connectivity index is 0.000000727. The molecule has 0 aromatic heterocycles. The van der Waals surface area contributed by atoms with Crippen molar-refractivity contribution >= 4 is 27.4 Å². The zero-order chi connectivity index (χ0) is 46.6. The lowest BCUT2D eigenvalue weighted by Gasteiger charge is -2.46. The van der Waals surface area contributed by atoms with E-state index in [1.165, 1.54) is 0 Å². The van der Waals surface area contributed by atoms with Gasteiger partial charge in [-0.3, -0.25) is 0 Å². The molecule has 4 rings (SSSR count). The summed E-state index contributed by atoms with van der Waals surface area (Å²) in [5.74, 6) is 0. The number of nitriles is 2. The molecule has 7 atom stereocenters. The van der Waals surface area contributed by atoms with Crippen LogP contribution in [0.3, 0.4) is 0 Å². The smallest absolute Gasteiger partial charge is 0.259 e. The van der Waals surface area contributed by atoms with E-state index in [0.29, 0.717) is 58.0 Å². The van der Waals surface area contributed by atoms with Gasteiger partial charge >= 0.3 is 0 Å². The van der Waals surface area contributed by atoms with E-state index in [0.717, 1.165) is 23.1 Å². The van der Waals surface area contributed by atoms with Crippen molar-refractivity contribution in [3.05, 3.63) is 108 Å². The maximum Gasteiger partial charge on any atom is 0.259 e. The first-order chi connectivity index (χ1) is 30.4. The second-order valence-electron chi connectivity index (χ2n) is 15.8. The molecule has 0 saturated carbocycles. The van der Waals surface area contributed by atoms with E-state index in [9.17, 15) is 5.26 Å². The van der Waals surface area contributed by atoms with Crippen LogP contribution in [0.5, 0.6) is 0 Å². The maximum atomic E-state index is 9.18. The first-order valence-corrected chi connectivity index (χ1v) is 25.7. The lowest BCUT2D eigenvalue weighted by Crippen LogP contribution is -2.61. The third-order valence-electron chi connectivity index (χ3n) is 9.65. The number of nitrogens with zero attached hydrogens (tertiary/aromatic N) is 4. The van der Waals surface area contributed by atoms with Gasteiger partial charge < -0.3 is 32.5 Å². The Morgan fingerprint density at radius 2 is 0.952 bits per heavy atom. The Labute approximate surface area is 387 Å². The predicted molar refractivity (Wildman–Crippen MR) is 258 cm³/mol. The highest BCUT2D eigenvalue weighted by Crippen LogP contribution is 2.49. The first-order valence-electron chi connectivity index (χ1n) is 22.5. The number of benzene rings is 3. The van der Waals surface area contributed by atoms with Crippen LogP contribution in [-0.2, 0) is 52.3 Å². The number of hydrogen-bond acceptors (Lipinski definition) is 11. The molecule has 1 fully saturated rings. The Kier molecular flexibility index (Phi) is 29.6. The molecule has 14 heteroatoms. The van der Waals surface area contributed by atoms with Crippen molar-refractivity contribution in [2.45, 2.75) is 170 Å². The fraction of sp³-hybridized carbons (Fsp3) is 0.592. The SMILES string of the molecule is CC.CC(C)N(C(C)C)P(Cl)OCCC#N.CC[C@H]1O[C@@H](COP(OCCC#N)N(C(C)C)C(C)C)C(OCc2ccccc2)C(OCc2ccccc2)C1OCc1ccccc1. The number of rotatable bonds is 25. The van der Waals surface area contributed by atoms with Crippen LogP contribution in [0.1, 0.15) is 112 Å². The van der Waals surface area contributed by atoms with Crippen molar-refractivity contribution in [2.24, 2.45) is 0 Å². The zero-order valence-electron chi connectivity index (χ0n) is 39.6. The summed E-state index contributed by atoms with van der Waals surface area (Å²) < 4.78 is 49.6. The van der Waals surface area contributed by atoms with Gasteiger partial charge in [-0.15, -0.1) is 0 Å². The van der Waals surface area contributed by atoms with Gasteiger partial charge in [0.2, 0.25) is 7.65 Å². The first kappa shape index (κ1) is 56.6. The Hall–Kier alpha value is -2.57. The van der Waals surface area contributed by atoms with Crippen LogP contribution >= 0.6 is 27.4 Å². The van der Waals surface area contributed by atoms with Crippen LogP contribution in [-0.4, -0.2) is 83.8 Å². The molecule has 1 aliphatic heterocycles. The van der Waals surface area contributed by atoms with Gasteiger partial charge in [-0.25, -0.2) is 9.34 Å². The van der Waals surface area contributed by atoms with Crippen molar-refractivity contribution in [3.63, 3.8) is 0 Å². The topological polar surface area (TPSA) is 119 Å². The van der Waals surface area contributed by atoms with Crippen molar-refractivity contribution < 1.29 is 32.5 Å². The maximum absolute atomic E-state index is 9.18. The summed E-state index contributed by atoms with van der Waals surface area (Å²) in [4.78, 5) is 0. The molecule has 0 radical (unpaired) electrons. The molecule has 0 N–H and O–H groups in total. The van der Waals surface area contributed by atoms with Crippen LogP contribution in [0, 0.1) is 22.7 Å². The summed E-state index contributed by atoms with van der Waals surface area (Å²) in [6, 6.07) is 35.8. The predicted octanol–water partition coefficient (Wildman–Crippen LogP) is 12.7. The minimum Gasteiger partial charge on any atom is -0.368 e. The molecule has 63 heavy (non-hydrogen) atoms. The number of hydrogen-bond donors (Lipinski definition) is 0. The molecule has 1 heterocycles. The Morgan fingerprint density at radius 1 is 0.571 bits per heavy atom. The van der Waals surface area contributed by atoms with Crippen LogP contribution < -0.4 is 0 Å². The van der Waals surface area contributed by atoms with E-state index in [2.05, 4.69) is 114 Å². The molecule has 11 nitrogen and oxygen atoms in total. The van der Waals surface area contributed by atoms with Crippen LogP contribution in [0.15, 0.2) is 91.0 Å². The average Bonchev–Trinajstić information content (AvgIpc) is 3.27. The van der Waals surface area contributed by atoms with E-state index < -0.39 is 34.5 Å². The van der Waals surface area contributed by atoms with Gasteiger partial charge in [0.25, 0.3) is 8.53 Å². The number of ether oxygens (including phenoxy) is 4. The fourth-order valence-electron chi connectivity index (χ4n) is 6.99. The van der Waals surface area contributed by atoms with E-state index in [4.69, 9.17) is 49.0 Å². The van der Waals surface area contributed by atoms with Crippen molar-refractivity contribution in [1.29, 1.82) is 10.5 Å². The molecule has 0 bridgehead atoms. The summed E-state index contributed by atoms with van der Waals surface area (Å²) in [6.45, 7) is 25.2. The van der Waals surface area contributed by atoms with Crippen LogP contribution in [0.2, 0.25) is 0 Å². The molecule has 1 aliphatic rings. The summed E-state index contributed by atoms with van der Waals surface area (Å²) in [7, 11) is -2.54. The van der Waals surface area contributed by atoms with E-state index in [-0.39, 0.29) is 30.9 Å². The van der Waals surface area contributed by atoms with Crippen molar-refractivity contribution in [3.8, 4) is 12.1 Å². The second kappa shape index (κ2) is 33.0. The molecular formula is C49H75ClN4O7P2. The minimum absolute atomic E-state index is 0.182. The van der Waals surface area contributed by atoms with E-state index in [1.54, 1.807) is 0 Å². The monoisotopic (exact) mass is 928 g/mol. The van der Waals surface area contributed by atoms with Gasteiger partial charge in [-0.1, -0.05) is 112 Å². The van der Waals surface area contributed by atoms with E-state index in [1.807, 2.05) is 74.5 Å². The lowest BCUT2D eigenvalue weighted by molar-refractivity contribution is -0.269. The molecule has 0 spiro atoms. The van der Waals surface area contributed by atoms with Crippen molar-refractivity contribution in [2.75, 3.05) is 19.8 Å². The third-order valence-corrected chi connectivity index (χ3v) is 14.2. The summed E-state index contributed by atoms with van der Waals surface area (Å²) in [5.41, 5.74) is 3.21. The third kappa shape index (κ3) is 20.6.